The predicted octanol–water partition coefficient (Wildman–Crippen LogP) is 2.99. The number of para-hydroxylation sites is 1. The van der Waals surface area contributed by atoms with Gasteiger partial charge in [0.2, 0.25) is 5.89 Å². The Kier molecular flexibility index (Phi) is 3.75. The monoisotopic (exact) mass is 284 g/mol. The van der Waals surface area contributed by atoms with E-state index in [1.54, 1.807) is 0 Å². The first-order valence-corrected chi connectivity index (χ1v) is 7.26. The number of nitrogens with zero attached hydrogens (tertiary/aromatic N) is 2. The first-order valence-electron chi connectivity index (χ1n) is 7.26. The lowest BCUT2D eigenvalue weighted by atomic mass is 10.1. The van der Waals surface area contributed by atoms with E-state index in [2.05, 4.69) is 41.1 Å². The van der Waals surface area contributed by atoms with Gasteiger partial charge in [0.1, 0.15) is 0 Å². The summed E-state index contributed by atoms with van der Waals surface area (Å²) < 4.78 is 5.29. The summed E-state index contributed by atoms with van der Waals surface area (Å²) in [5, 5.41) is 5.18. The Morgan fingerprint density at radius 3 is 2.86 bits per heavy atom. The Bertz CT molecular complexity index is 729. The van der Waals surface area contributed by atoms with Crippen LogP contribution in [-0.4, -0.2) is 15.1 Å². The topological polar surface area (TPSA) is 80.7 Å². The molecule has 0 unspecified atom stereocenters. The van der Waals surface area contributed by atoms with Crippen molar-refractivity contribution in [2.45, 2.75) is 32.7 Å². The summed E-state index contributed by atoms with van der Waals surface area (Å²) in [6.45, 7) is 4.25. The zero-order valence-electron chi connectivity index (χ0n) is 12.3. The SMILES string of the molecule is CC(C)Cc1noc([C@H](N)Cc2c[nH]c3ccccc23)n1. The van der Waals surface area contributed by atoms with Crippen LogP contribution >= 0.6 is 0 Å². The zero-order chi connectivity index (χ0) is 14.8. The number of fused-ring (bicyclic) bond motifs is 1. The Morgan fingerprint density at radius 1 is 1.24 bits per heavy atom. The van der Waals surface area contributed by atoms with Crippen molar-refractivity contribution in [3.8, 4) is 0 Å². The van der Waals surface area contributed by atoms with E-state index in [0.717, 1.165) is 17.8 Å². The summed E-state index contributed by atoms with van der Waals surface area (Å²) in [5.74, 6) is 1.74. The maximum atomic E-state index is 6.21. The smallest absolute Gasteiger partial charge is 0.243 e. The molecular weight excluding hydrogens is 264 g/mol. The van der Waals surface area contributed by atoms with Crippen molar-refractivity contribution >= 4 is 10.9 Å². The minimum absolute atomic E-state index is 0.280. The van der Waals surface area contributed by atoms with E-state index in [-0.39, 0.29) is 6.04 Å². The molecule has 5 heteroatoms. The Labute approximate surface area is 123 Å². The molecule has 0 fully saturated rings. The minimum Gasteiger partial charge on any atom is -0.361 e. The molecule has 3 aromatic rings. The summed E-state index contributed by atoms with van der Waals surface area (Å²) in [6, 6.07) is 7.90. The molecule has 5 nitrogen and oxygen atoms in total. The number of hydrogen-bond acceptors (Lipinski definition) is 4. The highest BCUT2D eigenvalue weighted by atomic mass is 16.5. The maximum absolute atomic E-state index is 6.21. The lowest BCUT2D eigenvalue weighted by Crippen LogP contribution is -2.13. The van der Waals surface area contributed by atoms with Gasteiger partial charge in [-0.2, -0.15) is 4.98 Å². The molecule has 2 aromatic heterocycles. The normalized spacial score (nSPS) is 13.1. The summed E-state index contributed by atoms with van der Waals surface area (Å²) in [6.07, 6.45) is 3.48. The van der Waals surface area contributed by atoms with Crippen LogP contribution in [0.5, 0.6) is 0 Å². The summed E-state index contributed by atoms with van der Waals surface area (Å²) in [4.78, 5) is 7.65. The molecule has 21 heavy (non-hydrogen) atoms. The van der Waals surface area contributed by atoms with Gasteiger partial charge in [0, 0.05) is 23.5 Å². The van der Waals surface area contributed by atoms with Crippen molar-refractivity contribution in [1.82, 2.24) is 15.1 Å². The third-order valence-electron chi connectivity index (χ3n) is 3.51. The van der Waals surface area contributed by atoms with Gasteiger partial charge in [0.05, 0.1) is 6.04 Å². The minimum atomic E-state index is -0.280. The largest absolute Gasteiger partial charge is 0.361 e. The third-order valence-corrected chi connectivity index (χ3v) is 3.51. The van der Waals surface area contributed by atoms with Gasteiger partial charge in [-0.15, -0.1) is 0 Å². The molecule has 0 radical (unpaired) electrons. The van der Waals surface area contributed by atoms with Gasteiger partial charge in [0.15, 0.2) is 5.82 Å². The van der Waals surface area contributed by atoms with Gasteiger partial charge in [-0.3, -0.25) is 0 Å². The number of nitrogens with one attached hydrogen (secondary N) is 1. The Balaban J connectivity index is 1.76. The van der Waals surface area contributed by atoms with E-state index in [4.69, 9.17) is 10.3 Å². The van der Waals surface area contributed by atoms with E-state index >= 15 is 0 Å². The first-order chi connectivity index (χ1) is 10.1. The average Bonchev–Trinajstić information content (AvgIpc) is 3.06. The summed E-state index contributed by atoms with van der Waals surface area (Å²) in [5.41, 5.74) is 8.50. The molecule has 1 atom stereocenters. The quantitative estimate of drug-likeness (QED) is 0.754. The highest BCUT2D eigenvalue weighted by molar-refractivity contribution is 5.83. The van der Waals surface area contributed by atoms with Crippen molar-refractivity contribution < 1.29 is 4.52 Å². The van der Waals surface area contributed by atoms with Crippen LogP contribution in [0.3, 0.4) is 0 Å². The number of nitrogens with two attached hydrogens (primary N) is 1. The molecule has 1 aromatic carbocycles. The van der Waals surface area contributed by atoms with Gasteiger partial charge >= 0.3 is 0 Å². The van der Waals surface area contributed by atoms with Gasteiger partial charge < -0.3 is 15.2 Å². The molecular formula is C16H20N4O. The van der Waals surface area contributed by atoms with E-state index in [9.17, 15) is 0 Å². The van der Waals surface area contributed by atoms with Crippen LogP contribution in [0.25, 0.3) is 10.9 Å². The molecule has 0 bridgehead atoms. The lowest BCUT2D eigenvalue weighted by molar-refractivity contribution is 0.349. The third kappa shape index (κ3) is 2.97. The number of aromatic nitrogens is 3. The molecule has 0 aliphatic heterocycles. The van der Waals surface area contributed by atoms with Crippen LogP contribution in [0.1, 0.15) is 37.2 Å². The van der Waals surface area contributed by atoms with Crippen molar-refractivity contribution in [3.05, 3.63) is 47.7 Å². The predicted molar refractivity (Wildman–Crippen MR) is 81.8 cm³/mol. The van der Waals surface area contributed by atoms with Crippen molar-refractivity contribution in [2.75, 3.05) is 0 Å². The molecule has 0 aliphatic rings. The highest BCUT2D eigenvalue weighted by Crippen LogP contribution is 2.22. The van der Waals surface area contributed by atoms with Crippen LogP contribution < -0.4 is 5.73 Å². The van der Waals surface area contributed by atoms with Gasteiger partial charge in [0.25, 0.3) is 0 Å². The zero-order valence-corrected chi connectivity index (χ0v) is 12.3. The maximum Gasteiger partial charge on any atom is 0.243 e. The summed E-state index contributed by atoms with van der Waals surface area (Å²) in [7, 11) is 0. The average molecular weight is 284 g/mol. The molecule has 110 valence electrons. The molecule has 2 heterocycles. The molecule has 0 saturated carbocycles. The van der Waals surface area contributed by atoms with E-state index in [1.165, 1.54) is 10.9 Å². The highest BCUT2D eigenvalue weighted by Gasteiger charge is 2.17. The number of benzene rings is 1. The molecule has 0 spiro atoms. The van der Waals surface area contributed by atoms with E-state index in [1.807, 2.05) is 18.3 Å². The van der Waals surface area contributed by atoms with Crippen LogP contribution in [0, 0.1) is 5.92 Å². The van der Waals surface area contributed by atoms with Crippen LogP contribution in [0.15, 0.2) is 35.0 Å². The molecule has 0 aliphatic carbocycles. The number of hydrogen-bond donors (Lipinski definition) is 2. The van der Waals surface area contributed by atoms with Crippen molar-refractivity contribution in [2.24, 2.45) is 11.7 Å². The van der Waals surface area contributed by atoms with E-state index in [0.29, 0.717) is 18.2 Å². The molecule has 0 amide bonds. The first kappa shape index (κ1) is 13.8. The van der Waals surface area contributed by atoms with Gasteiger partial charge in [-0.25, -0.2) is 0 Å². The molecule has 3 N–H and O–H groups in total. The Morgan fingerprint density at radius 2 is 2.05 bits per heavy atom. The fraction of sp³-hybridized carbons (Fsp3) is 0.375. The van der Waals surface area contributed by atoms with Gasteiger partial charge in [-0.1, -0.05) is 37.2 Å². The number of H-pyrrole nitrogens is 1. The summed E-state index contributed by atoms with van der Waals surface area (Å²) >= 11 is 0. The fourth-order valence-electron chi connectivity index (χ4n) is 2.49. The standard InChI is InChI=1S/C16H20N4O/c1-10(2)7-15-19-16(21-20-15)13(17)8-11-9-18-14-6-4-3-5-12(11)14/h3-6,9-10,13,18H,7-8,17H2,1-2H3/t13-/m1/s1. The molecule has 3 rings (SSSR count). The van der Waals surface area contributed by atoms with Gasteiger partial charge in [-0.05, 0) is 24.0 Å². The number of rotatable bonds is 5. The number of aromatic amines is 1. The second kappa shape index (κ2) is 5.69. The Hall–Kier alpha value is -2.14. The van der Waals surface area contributed by atoms with Crippen LogP contribution in [0.2, 0.25) is 0 Å². The van der Waals surface area contributed by atoms with Crippen molar-refractivity contribution in [1.29, 1.82) is 0 Å². The van der Waals surface area contributed by atoms with Crippen LogP contribution in [0.4, 0.5) is 0 Å². The second-order valence-corrected chi connectivity index (χ2v) is 5.82. The molecule has 0 saturated heterocycles. The fourth-order valence-corrected chi connectivity index (χ4v) is 2.49. The lowest BCUT2D eigenvalue weighted by Gasteiger charge is -2.05. The van der Waals surface area contributed by atoms with E-state index < -0.39 is 0 Å². The second-order valence-electron chi connectivity index (χ2n) is 5.82. The van der Waals surface area contributed by atoms with Crippen molar-refractivity contribution in [3.63, 3.8) is 0 Å². The van der Waals surface area contributed by atoms with Crippen LogP contribution in [-0.2, 0) is 12.8 Å².